The zero-order valence-corrected chi connectivity index (χ0v) is 12.1. The van der Waals surface area contributed by atoms with E-state index >= 15 is 0 Å². The molecule has 0 bridgehead atoms. The summed E-state index contributed by atoms with van der Waals surface area (Å²) in [7, 11) is -2.70. The number of aromatic nitrogens is 2. The third kappa shape index (κ3) is 2.98. The molecule has 21 heavy (non-hydrogen) atoms. The third-order valence-electron chi connectivity index (χ3n) is 2.55. The van der Waals surface area contributed by atoms with Gasteiger partial charge in [0.15, 0.2) is 0 Å². The zero-order valence-electron chi connectivity index (χ0n) is 10.5. The molecular formula is C11H9ClFN3O4S. The van der Waals surface area contributed by atoms with Gasteiger partial charge in [-0.15, -0.1) is 0 Å². The predicted octanol–water partition coefficient (Wildman–Crippen LogP) is 1.71. The first-order valence-corrected chi connectivity index (χ1v) is 7.31. The second kappa shape index (κ2) is 5.34. The fraction of sp³-hybridized carbons (Fsp3) is 0.0909. The molecule has 0 aliphatic rings. The number of anilines is 1. The number of imidazole rings is 1. The lowest BCUT2D eigenvalue weighted by Gasteiger charge is -2.09. The molecule has 0 radical (unpaired) electrons. The molecule has 2 aromatic rings. The summed E-state index contributed by atoms with van der Waals surface area (Å²) in [6.45, 7) is 0. The fourth-order valence-corrected chi connectivity index (χ4v) is 3.06. The van der Waals surface area contributed by atoms with Gasteiger partial charge < -0.3 is 9.67 Å². The molecule has 0 saturated heterocycles. The number of halogens is 2. The summed E-state index contributed by atoms with van der Waals surface area (Å²) in [5.74, 6) is -2.27. The predicted molar refractivity (Wildman–Crippen MR) is 72.4 cm³/mol. The monoisotopic (exact) mass is 333 g/mol. The van der Waals surface area contributed by atoms with Crippen LogP contribution in [0, 0.1) is 5.82 Å². The number of hydrogen-bond donors (Lipinski definition) is 2. The molecule has 0 atom stereocenters. The van der Waals surface area contributed by atoms with Crippen LogP contribution in [0.1, 0.15) is 10.4 Å². The highest BCUT2D eigenvalue weighted by molar-refractivity contribution is 7.92. The van der Waals surface area contributed by atoms with E-state index in [0.717, 1.165) is 12.1 Å². The Balaban J connectivity index is 2.47. The Morgan fingerprint density at radius 2 is 2.14 bits per heavy atom. The zero-order chi connectivity index (χ0) is 15.8. The topological polar surface area (TPSA) is 101 Å². The van der Waals surface area contributed by atoms with Crippen molar-refractivity contribution in [2.24, 2.45) is 7.05 Å². The smallest absolute Gasteiger partial charge is 0.337 e. The van der Waals surface area contributed by atoms with E-state index in [2.05, 4.69) is 4.98 Å². The van der Waals surface area contributed by atoms with Gasteiger partial charge in [-0.1, -0.05) is 11.6 Å². The summed E-state index contributed by atoms with van der Waals surface area (Å²) in [5.41, 5.74) is -0.809. The molecule has 0 aliphatic heterocycles. The van der Waals surface area contributed by atoms with Crippen molar-refractivity contribution in [1.82, 2.24) is 9.55 Å². The quantitative estimate of drug-likeness (QED) is 0.887. The Bertz CT molecular complexity index is 819. The Kier molecular flexibility index (Phi) is 3.88. The van der Waals surface area contributed by atoms with Crippen molar-refractivity contribution in [2.75, 3.05) is 4.72 Å². The van der Waals surface area contributed by atoms with Gasteiger partial charge in [-0.25, -0.2) is 14.2 Å². The average molecular weight is 334 g/mol. The average Bonchev–Trinajstić information content (AvgIpc) is 2.72. The maximum absolute atomic E-state index is 13.1. The van der Waals surface area contributed by atoms with Crippen molar-refractivity contribution in [1.29, 1.82) is 0 Å². The second-order valence-corrected chi connectivity index (χ2v) is 6.01. The Hall–Kier alpha value is -2.13. The van der Waals surface area contributed by atoms with Crippen molar-refractivity contribution >= 4 is 33.3 Å². The largest absolute Gasteiger partial charge is 0.478 e. The molecule has 2 rings (SSSR count). The number of aromatic carboxylic acids is 1. The minimum atomic E-state index is -4.19. The van der Waals surface area contributed by atoms with Crippen LogP contribution in [0.5, 0.6) is 0 Å². The summed E-state index contributed by atoms with van der Waals surface area (Å²) < 4.78 is 40.6. The van der Waals surface area contributed by atoms with Gasteiger partial charge in [0.2, 0.25) is 5.03 Å². The molecule has 7 nitrogen and oxygen atoms in total. The van der Waals surface area contributed by atoms with Crippen LogP contribution in [0.4, 0.5) is 10.1 Å². The first kappa shape index (κ1) is 15.3. The van der Waals surface area contributed by atoms with E-state index in [4.69, 9.17) is 16.7 Å². The number of nitrogens with one attached hydrogen (secondary N) is 1. The highest BCUT2D eigenvalue weighted by Gasteiger charge is 2.24. The van der Waals surface area contributed by atoms with Crippen molar-refractivity contribution in [3.8, 4) is 0 Å². The summed E-state index contributed by atoms with van der Waals surface area (Å²) in [4.78, 5) is 14.7. The van der Waals surface area contributed by atoms with E-state index in [1.54, 1.807) is 0 Å². The minimum absolute atomic E-state index is 0.138. The number of carboxylic acid groups (broad SMARTS) is 1. The SMILES string of the molecule is Cn1cnc(S(=O)(=O)Nc2ccc(F)cc2C(=O)O)c1Cl. The summed E-state index contributed by atoms with van der Waals surface area (Å²) >= 11 is 5.79. The van der Waals surface area contributed by atoms with Crippen LogP contribution in [0.2, 0.25) is 5.15 Å². The lowest BCUT2D eigenvalue weighted by atomic mass is 10.2. The number of carboxylic acids is 1. The summed E-state index contributed by atoms with van der Waals surface area (Å²) in [5, 5.41) is 8.38. The molecule has 0 spiro atoms. The van der Waals surface area contributed by atoms with Crippen LogP contribution in [0.15, 0.2) is 29.6 Å². The normalized spacial score (nSPS) is 11.4. The van der Waals surface area contributed by atoms with E-state index in [-0.39, 0.29) is 10.8 Å². The first-order chi connectivity index (χ1) is 9.72. The maximum Gasteiger partial charge on any atom is 0.337 e. The van der Waals surface area contributed by atoms with Crippen LogP contribution in [-0.4, -0.2) is 29.0 Å². The van der Waals surface area contributed by atoms with Gasteiger partial charge in [0.05, 0.1) is 17.6 Å². The van der Waals surface area contributed by atoms with Gasteiger partial charge in [-0.05, 0) is 18.2 Å². The summed E-state index contributed by atoms with van der Waals surface area (Å²) in [6, 6.07) is 2.65. The number of benzene rings is 1. The first-order valence-electron chi connectivity index (χ1n) is 5.45. The maximum atomic E-state index is 13.1. The molecule has 0 saturated carbocycles. The Morgan fingerprint density at radius 1 is 1.48 bits per heavy atom. The van der Waals surface area contributed by atoms with E-state index in [9.17, 15) is 17.6 Å². The molecule has 2 N–H and O–H groups in total. The van der Waals surface area contributed by atoms with Gasteiger partial charge in [-0.3, -0.25) is 4.72 Å². The molecule has 10 heteroatoms. The van der Waals surface area contributed by atoms with Crippen molar-refractivity contribution in [2.45, 2.75) is 5.03 Å². The third-order valence-corrected chi connectivity index (χ3v) is 4.40. The number of sulfonamides is 1. The lowest BCUT2D eigenvalue weighted by Crippen LogP contribution is -2.16. The van der Waals surface area contributed by atoms with Gasteiger partial charge in [0.1, 0.15) is 11.0 Å². The van der Waals surface area contributed by atoms with Gasteiger partial charge in [-0.2, -0.15) is 8.42 Å². The van der Waals surface area contributed by atoms with Crippen molar-refractivity contribution in [3.63, 3.8) is 0 Å². The number of hydrogen-bond acceptors (Lipinski definition) is 4. The van der Waals surface area contributed by atoms with Crippen LogP contribution in [-0.2, 0) is 17.1 Å². The van der Waals surface area contributed by atoms with Crippen molar-refractivity contribution in [3.05, 3.63) is 41.1 Å². The second-order valence-electron chi connectivity index (χ2n) is 4.05. The van der Waals surface area contributed by atoms with Crippen LogP contribution >= 0.6 is 11.6 Å². The molecule has 0 aliphatic carbocycles. The number of carbonyl (C=O) groups is 1. The van der Waals surface area contributed by atoms with Crippen LogP contribution in [0.3, 0.4) is 0 Å². The molecule has 112 valence electrons. The van der Waals surface area contributed by atoms with E-state index in [1.165, 1.54) is 17.9 Å². The van der Waals surface area contributed by atoms with Gasteiger partial charge in [0, 0.05) is 7.05 Å². The number of nitrogens with zero attached hydrogens (tertiary/aromatic N) is 2. The fourth-order valence-electron chi connectivity index (χ4n) is 1.55. The Labute approximate surface area is 124 Å². The lowest BCUT2D eigenvalue weighted by molar-refractivity contribution is 0.0697. The summed E-state index contributed by atoms with van der Waals surface area (Å²) in [6.07, 6.45) is 1.19. The molecule has 0 fully saturated rings. The molecule has 1 aromatic heterocycles. The molecule has 1 aromatic carbocycles. The number of rotatable bonds is 4. The molecule has 0 unspecified atom stereocenters. The van der Waals surface area contributed by atoms with Crippen LogP contribution < -0.4 is 4.72 Å². The molecule has 0 amide bonds. The Morgan fingerprint density at radius 3 is 2.67 bits per heavy atom. The molecular weight excluding hydrogens is 325 g/mol. The van der Waals surface area contributed by atoms with E-state index in [0.29, 0.717) is 6.07 Å². The van der Waals surface area contributed by atoms with Crippen LogP contribution in [0.25, 0.3) is 0 Å². The van der Waals surface area contributed by atoms with E-state index in [1.807, 2.05) is 4.72 Å². The highest BCUT2D eigenvalue weighted by Crippen LogP contribution is 2.24. The number of aryl methyl sites for hydroxylation is 1. The van der Waals surface area contributed by atoms with Crippen molar-refractivity contribution < 1.29 is 22.7 Å². The molecule has 1 heterocycles. The van der Waals surface area contributed by atoms with Gasteiger partial charge >= 0.3 is 5.97 Å². The van der Waals surface area contributed by atoms with Gasteiger partial charge in [0.25, 0.3) is 10.0 Å². The highest BCUT2D eigenvalue weighted by atomic mass is 35.5. The minimum Gasteiger partial charge on any atom is -0.478 e. The van der Waals surface area contributed by atoms with E-state index < -0.39 is 32.4 Å². The standard InChI is InChI=1S/C11H9ClFN3O4S/c1-16-5-14-10(9(16)12)21(19,20)15-8-3-2-6(13)4-7(8)11(17)18/h2-5,15H,1H3,(H,17,18).